The van der Waals surface area contributed by atoms with Gasteiger partial charge in [0.05, 0.1) is 18.7 Å². The van der Waals surface area contributed by atoms with Crippen LogP contribution in [0.5, 0.6) is 17.2 Å². The Hall–Kier alpha value is -1.73. The Labute approximate surface area is 131 Å². The smallest absolute Gasteiger partial charge is 0.343 e. The number of hydrogen-bond donors (Lipinski definition) is 0. The summed E-state index contributed by atoms with van der Waals surface area (Å²) in [6, 6.07) is 11.1. The summed E-state index contributed by atoms with van der Waals surface area (Å²) >= 11 is 3.24. The normalized spacial score (nSPS) is 11.0. The van der Waals surface area contributed by atoms with Crippen LogP contribution >= 0.6 is 15.9 Å². The zero-order valence-electron chi connectivity index (χ0n) is 11.4. The number of methoxy groups -OCH3 is 2. The fourth-order valence-corrected chi connectivity index (χ4v) is 3.26. The molecule has 0 saturated heterocycles. The lowest BCUT2D eigenvalue weighted by Gasteiger charge is -2.12. The molecule has 0 aliphatic rings. The SMILES string of the molecule is COc1ccc(OC)c(S(=O)(=O)Oc2ccccc2Br)c1. The van der Waals surface area contributed by atoms with Crippen molar-refractivity contribution in [3.8, 4) is 17.2 Å². The molecule has 0 bridgehead atoms. The number of hydrogen-bond acceptors (Lipinski definition) is 5. The monoisotopic (exact) mass is 372 g/mol. The highest BCUT2D eigenvalue weighted by atomic mass is 79.9. The van der Waals surface area contributed by atoms with Gasteiger partial charge in [-0.25, -0.2) is 0 Å². The Morgan fingerprint density at radius 1 is 0.952 bits per heavy atom. The van der Waals surface area contributed by atoms with E-state index in [2.05, 4.69) is 15.9 Å². The highest BCUT2D eigenvalue weighted by Crippen LogP contribution is 2.32. The Kier molecular flexibility index (Phi) is 4.74. The van der Waals surface area contributed by atoms with Gasteiger partial charge in [-0.2, -0.15) is 8.42 Å². The Morgan fingerprint density at radius 3 is 2.29 bits per heavy atom. The molecule has 2 aromatic carbocycles. The number of halogens is 1. The van der Waals surface area contributed by atoms with Crippen LogP contribution in [0.1, 0.15) is 0 Å². The first-order chi connectivity index (χ1) is 9.97. The highest BCUT2D eigenvalue weighted by Gasteiger charge is 2.23. The van der Waals surface area contributed by atoms with Crippen molar-refractivity contribution in [2.75, 3.05) is 14.2 Å². The van der Waals surface area contributed by atoms with Gasteiger partial charge in [0.15, 0.2) is 10.6 Å². The maximum absolute atomic E-state index is 12.4. The average molecular weight is 373 g/mol. The molecule has 5 nitrogen and oxygen atoms in total. The zero-order valence-corrected chi connectivity index (χ0v) is 13.8. The molecule has 7 heteroatoms. The standard InChI is InChI=1S/C14H13BrO5S/c1-18-10-7-8-13(19-2)14(9-10)21(16,17)20-12-6-4-3-5-11(12)15/h3-9H,1-2H3. The minimum absolute atomic E-state index is 0.0971. The van der Waals surface area contributed by atoms with Crippen molar-refractivity contribution in [1.29, 1.82) is 0 Å². The molecule has 0 N–H and O–H groups in total. The molecule has 0 saturated carbocycles. The van der Waals surface area contributed by atoms with E-state index in [-0.39, 0.29) is 16.4 Å². The largest absolute Gasteiger partial charge is 0.497 e. The van der Waals surface area contributed by atoms with Crippen LogP contribution in [-0.2, 0) is 10.1 Å². The molecule has 0 amide bonds. The Bertz CT molecular complexity index is 743. The summed E-state index contributed by atoms with van der Waals surface area (Å²) in [5, 5.41) is 0. The van der Waals surface area contributed by atoms with Crippen LogP contribution in [0.25, 0.3) is 0 Å². The number of rotatable bonds is 5. The third-order valence-corrected chi connectivity index (χ3v) is 4.59. The predicted molar refractivity (Wildman–Crippen MR) is 81.5 cm³/mol. The van der Waals surface area contributed by atoms with E-state index in [0.29, 0.717) is 10.2 Å². The maximum Gasteiger partial charge on any atom is 0.343 e. The molecule has 2 rings (SSSR count). The van der Waals surface area contributed by atoms with Crippen LogP contribution < -0.4 is 13.7 Å². The van der Waals surface area contributed by atoms with Crippen molar-refractivity contribution in [2.24, 2.45) is 0 Å². The molecule has 112 valence electrons. The van der Waals surface area contributed by atoms with Crippen LogP contribution in [0.4, 0.5) is 0 Å². The molecule has 0 atom stereocenters. The molecule has 0 aliphatic carbocycles. The number of ether oxygens (including phenoxy) is 2. The Balaban J connectivity index is 2.46. The summed E-state index contributed by atoms with van der Waals surface area (Å²) < 4.78 is 40.6. The van der Waals surface area contributed by atoms with E-state index in [1.807, 2.05) is 0 Å². The van der Waals surface area contributed by atoms with E-state index >= 15 is 0 Å². The first-order valence-electron chi connectivity index (χ1n) is 5.89. The molecule has 0 fully saturated rings. The van der Waals surface area contributed by atoms with Gasteiger partial charge >= 0.3 is 10.1 Å². The van der Waals surface area contributed by atoms with Crippen molar-refractivity contribution in [3.05, 3.63) is 46.9 Å². The van der Waals surface area contributed by atoms with Gasteiger partial charge in [-0.05, 0) is 40.2 Å². The summed E-state index contributed by atoms with van der Waals surface area (Å²) in [4.78, 5) is -0.0971. The van der Waals surface area contributed by atoms with Crippen molar-refractivity contribution in [3.63, 3.8) is 0 Å². The summed E-state index contributed by atoms with van der Waals surface area (Å²) in [5.41, 5.74) is 0. The van der Waals surface area contributed by atoms with Crippen molar-refractivity contribution < 1.29 is 22.1 Å². The molecule has 0 radical (unpaired) electrons. The van der Waals surface area contributed by atoms with Crippen molar-refractivity contribution >= 4 is 26.0 Å². The number of benzene rings is 2. The third-order valence-electron chi connectivity index (χ3n) is 2.68. The second kappa shape index (κ2) is 6.36. The fourth-order valence-electron chi connectivity index (χ4n) is 1.65. The van der Waals surface area contributed by atoms with E-state index in [0.717, 1.165) is 0 Å². The van der Waals surface area contributed by atoms with Gasteiger partial charge in [0.2, 0.25) is 0 Å². The van der Waals surface area contributed by atoms with Crippen molar-refractivity contribution in [1.82, 2.24) is 0 Å². The zero-order chi connectivity index (χ0) is 15.5. The lowest BCUT2D eigenvalue weighted by atomic mass is 10.3. The topological polar surface area (TPSA) is 61.8 Å². The van der Waals surface area contributed by atoms with Gasteiger partial charge in [-0.15, -0.1) is 0 Å². The number of para-hydroxylation sites is 1. The molecular weight excluding hydrogens is 360 g/mol. The fraction of sp³-hybridized carbons (Fsp3) is 0.143. The third kappa shape index (κ3) is 3.48. The maximum atomic E-state index is 12.4. The molecule has 0 unspecified atom stereocenters. The van der Waals surface area contributed by atoms with Crippen molar-refractivity contribution in [2.45, 2.75) is 4.90 Å². The van der Waals surface area contributed by atoms with E-state index in [9.17, 15) is 8.42 Å². The van der Waals surface area contributed by atoms with Crippen LogP contribution in [0.3, 0.4) is 0 Å². The Morgan fingerprint density at radius 2 is 1.67 bits per heavy atom. The van der Waals surface area contributed by atoms with Gasteiger partial charge in [0.1, 0.15) is 11.5 Å². The summed E-state index contributed by atoms with van der Waals surface area (Å²) in [6.07, 6.45) is 0. The van der Waals surface area contributed by atoms with E-state index in [1.54, 1.807) is 30.3 Å². The van der Waals surface area contributed by atoms with E-state index < -0.39 is 10.1 Å². The summed E-state index contributed by atoms with van der Waals surface area (Å²) in [7, 11) is -1.21. The molecule has 0 aliphatic heterocycles. The van der Waals surface area contributed by atoms with Gasteiger partial charge in [0, 0.05) is 6.07 Å². The molecular formula is C14H13BrO5S. The second-order valence-corrected chi connectivity index (χ2v) is 6.35. The predicted octanol–water partition coefficient (Wildman–Crippen LogP) is 3.23. The van der Waals surface area contributed by atoms with Crippen LogP contribution in [0.15, 0.2) is 51.8 Å². The van der Waals surface area contributed by atoms with Gasteiger partial charge in [-0.1, -0.05) is 12.1 Å². The van der Waals surface area contributed by atoms with Gasteiger partial charge < -0.3 is 13.7 Å². The highest BCUT2D eigenvalue weighted by molar-refractivity contribution is 9.10. The average Bonchev–Trinajstić information content (AvgIpc) is 2.48. The summed E-state index contributed by atoms with van der Waals surface area (Å²) in [6.45, 7) is 0. The van der Waals surface area contributed by atoms with E-state index in [4.69, 9.17) is 13.7 Å². The van der Waals surface area contributed by atoms with Gasteiger partial charge in [-0.3, -0.25) is 0 Å². The van der Waals surface area contributed by atoms with Crippen LogP contribution in [-0.4, -0.2) is 22.6 Å². The van der Waals surface area contributed by atoms with Crippen LogP contribution in [0.2, 0.25) is 0 Å². The molecule has 0 aromatic heterocycles. The van der Waals surface area contributed by atoms with E-state index in [1.165, 1.54) is 26.4 Å². The molecule has 0 heterocycles. The molecule has 0 spiro atoms. The lowest BCUT2D eigenvalue weighted by Crippen LogP contribution is -2.11. The first-order valence-corrected chi connectivity index (χ1v) is 8.09. The lowest BCUT2D eigenvalue weighted by molar-refractivity contribution is 0.388. The quantitative estimate of drug-likeness (QED) is 0.753. The molecule has 2 aromatic rings. The second-order valence-electron chi connectivity index (χ2n) is 3.98. The van der Waals surface area contributed by atoms with Crippen LogP contribution in [0, 0.1) is 0 Å². The summed E-state index contributed by atoms with van der Waals surface area (Å²) in [5.74, 6) is 0.773. The van der Waals surface area contributed by atoms with Gasteiger partial charge in [0.25, 0.3) is 0 Å². The first kappa shape index (κ1) is 15.7. The minimum atomic E-state index is -4.05. The molecule has 21 heavy (non-hydrogen) atoms. The minimum Gasteiger partial charge on any atom is -0.497 e.